The molecule has 0 radical (unpaired) electrons. The standard InChI is InChI=1S/C11H13Cl2NO3/c1-16-3-2-4-17-11(15)7-5-8(12)10(13)9(14)6-7/h5-6H,2-4,14H2,1H3. The van der Waals surface area contributed by atoms with Gasteiger partial charge in [0.2, 0.25) is 0 Å². The largest absolute Gasteiger partial charge is 0.462 e. The molecule has 2 N–H and O–H groups in total. The molecule has 0 aliphatic carbocycles. The van der Waals surface area contributed by atoms with Gasteiger partial charge < -0.3 is 15.2 Å². The average molecular weight is 278 g/mol. The van der Waals surface area contributed by atoms with E-state index in [-0.39, 0.29) is 27.9 Å². The van der Waals surface area contributed by atoms with Gasteiger partial charge in [-0.2, -0.15) is 0 Å². The third-order valence-electron chi connectivity index (χ3n) is 2.02. The van der Waals surface area contributed by atoms with Crippen LogP contribution in [0.5, 0.6) is 0 Å². The van der Waals surface area contributed by atoms with Crippen LogP contribution in [0.15, 0.2) is 12.1 Å². The number of ether oxygens (including phenoxy) is 2. The number of nitrogen functional groups attached to an aromatic ring is 1. The number of halogens is 2. The van der Waals surface area contributed by atoms with E-state index in [0.717, 1.165) is 0 Å². The van der Waals surface area contributed by atoms with E-state index in [1.807, 2.05) is 0 Å². The summed E-state index contributed by atoms with van der Waals surface area (Å²) in [6.45, 7) is 0.823. The summed E-state index contributed by atoms with van der Waals surface area (Å²) < 4.78 is 9.84. The van der Waals surface area contributed by atoms with Gasteiger partial charge in [-0.3, -0.25) is 0 Å². The molecular formula is C11H13Cl2NO3. The van der Waals surface area contributed by atoms with Gasteiger partial charge >= 0.3 is 5.97 Å². The number of anilines is 1. The molecule has 0 bridgehead atoms. The maximum absolute atomic E-state index is 11.6. The molecule has 1 aromatic rings. The van der Waals surface area contributed by atoms with Gasteiger partial charge in [0.15, 0.2) is 0 Å². The Bertz CT molecular complexity index is 387. The molecule has 0 aliphatic rings. The Kier molecular flexibility index (Phi) is 5.55. The van der Waals surface area contributed by atoms with E-state index in [1.54, 1.807) is 7.11 Å². The minimum atomic E-state index is -0.480. The summed E-state index contributed by atoms with van der Waals surface area (Å²) in [5.41, 5.74) is 6.13. The highest BCUT2D eigenvalue weighted by Gasteiger charge is 2.12. The molecule has 0 heterocycles. The third kappa shape index (κ3) is 4.07. The van der Waals surface area contributed by atoms with Crippen LogP contribution in [0, 0.1) is 0 Å². The van der Waals surface area contributed by atoms with Crippen LogP contribution in [0.2, 0.25) is 10.0 Å². The summed E-state index contributed by atoms with van der Waals surface area (Å²) in [6, 6.07) is 2.87. The van der Waals surface area contributed by atoms with E-state index in [4.69, 9.17) is 38.4 Å². The van der Waals surface area contributed by atoms with Crippen LogP contribution < -0.4 is 5.73 Å². The summed E-state index contributed by atoms with van der Waals surface area (Å²) in [5.74, 6) is -0.480. The summed E-state index contributed by atoms with van der Waals surface area (Å²) in [4.78, 5) is 11.6. The molecule has 4 nitrogen and oxygen atoms in total. The van der Waals surface area contributed by atoms with E-state index in [0.29, 0.717) is 13.0 Å². The average Bonchev–Trinajstić information content (AvgIpc) is 2.30. The lowest BCUT2D eigenvalue weighted by atomic mass is 10.2. The maximum Gasteiger partial charge on any atom is 0.338 e. The molecule has 0 amide bonds. The summed E-state index contributed by atoms with van der Waals surface area (Å²) in [5, 5.41) is 0.470. The molecule has 6 heteroatoms. The predicted molar refractivity (Wildman–Crippen MR) is 67.6 cm³/mol. The molecule has 1 aromatic carbocycles. The van der Waals surface area contributed by atoms with Gasteiger partial charge in [0.05, 0.1) is 27.9 Å². The molecule has 17 heavy (non-hydrogen) atoms. The molecule has 0 aliphatic heterocycles. The molecule has 0 atom stereocenters. The van der Waals surface area contributed by atoms with Crippen molar-refractivity contribution in [1.29, 1.82) is 0 Å². The fourth-order valence-electron chi connectivity index (χ4n) is 1.18. The molecule has 94 valence electrons. The van der Waals surface area contributed by atoms with Crippen molar-refractivity contribution in [3.8, 4) is 0 Å². The zero-order valence-corrected chi connectivity index (χ0v) is 10.8. The van der Waals surface area contributed by atoms with Gasteiger partial charge in [0.25, 0.3) is 0 Å². The van der Waals surface area contributed by atoms with Crippen LogP contribution in [0.3, 0.4) is 0 Å². The Balaban J connectivity index is 2.63. The summed E-state index contributed by atoms with van der Waals surface area (Å²) >= 11 is 11.6. The lowest BCUT2D eigenvalue weighted by Gasteiger charge is -2.07. The third-order valence-corrected chi connectivity index (χ3v) is 2.83. The lowest BCUT2D eigenvalue weighted by Crippen LogP contribution is -2.08. The van der Waals surface area contributed by atoms with E-state index in [1.165, 1.54) is 12.1 Å². The predicted octanol–water partition coefficient (Wildman–Crippen LogP) is 2.77. The molecule has 0 fully saturated rings. The van der Waals surface area contributed by atoms with Crippen LogP contribution in [0.4, 0.5) is 5.69 Å². The van der Waals surface area contributed by atoms with Crippen molar-refractivity contribution >= 4 is 34.9 Å². The van der Waals surface area contributed by atoms with E-state index in [2.05, 4.69) is 0 Å². The fraction of sp³-hybridized carbons (Fsp3) is 0.364. The minimum Gasteiger partial charge on any atom is -0.462 e. The first-order chi connectivity index (χ1) is 8.06. The van der Waals surface area contributed by atoms with Crippen LogP contribution >= 0.6 is 23.2 Å². The van der Waals surface area contributed by atoms with Crippen molar-refractivity contribution in [2.45, 2.75) is 6.42 Å². The second-order valence-corrected chi connectivity index (χ2v) is 4.13. The number of benzene rings is 1. The van der Waals surface area contributed by atoms with Gasteiger partial charge in [-0.05, 0) is 12.1 Å². The van der Waals surface area contributed by atoms with Crippen LogP contribution in [-0.2, 0) is 9.47 Å². The normalized spacial score (nSPS) is 10.3. The van der Waals surface area contributed by atoms with Crippen LogP contribution in [0.1, 0.15) is 16.8 Å². The van der Waals surface area contributed by atoms with E-state index < -0.39 is 5.97 Å². The van der Waals surface area contributed by atoms with Crippen LogP contribution in [-0.4, -0.2) is 26.3 Å². The topological polar surface area (TPSA) is 61.5 Å². The number of carbonyl (C=O) groups excluding carboxylic acids is 1. The quantitative estimate of drug-likeness (QED) is 0.511. The number of methoxy groups -OCH3 is 1. The highest BCUT2D eigenvalue weighted by atomic mass is 35.5. The van der Waals surface area contributed by atoms with Crippen molar-refractivity contribution in [1.82, 2.24) is 0 Å². The maximum atomic E-state index is 11.6. The second kappa shape index (κ2) is 6.69. The van der Waals surface area contributed by atoms with Crippen molar-refractivity contribution < 1.29 is 14.3 Å². The van der Waals surface area contributed by atoms with Gasteiger partial charge in [0.1, 0.15) is 0 Å². The number of carbonyl (C=O) groups is 1. The minimum absolute atomic E-state index is 0.232. The van der Waals surface area contributed by atoms with Gasteiger partial charge in [-0.1, -0.05) is 23.2 Å². The number of esters is 1. The number of hydrogen-bond acceptors (Lipinski definition) is 4. The Morgan fingerprint density at radius 1 is 1.35 bits per heavy atom. The second-order valence-electron chi connectivity index (χ2n) is 3.34. The van der Waals surface area contributed by atoms with Crippen molar-refractivity contribution in [2.75, 3.05) is 26.1 Å². The Morgan fingerprint density at radius 2 is 2.06 bits per heavy atom. The number of hydrogen-bond donors (Lipinski definition) is 1. The summed E-state index contributed by atoms with van der Waals surface area (Å²) in [6.07, 6.45) is 0.638. The fourth-order valence-corrected chi connectivity index (χ4v) is 1.52. The zero-order chi connectivity index (χ0) is 12.8. The molecule has 0 spiro atoms. The van der Waals surface area contributed by atoms with Crippen molar-refractivity contribution in [3.63, 3.8) is 0 Å². The molecule has 1 rings (SSSR count). The van der Waals surface area contributed by atoms with Gasteiger partial charge in [-0.25, -0.2) is 4.79 Å². The first-order valence-corrected chi connectivity index (χ1v) is 5.72. The number of rotatable bonds is 5. The molecule has 0 saturated heterocycles. The Hall–Kier alpha value is -0.970. The first kappa shape index (κ1) is 14.1. The molecule has 0 saturated carbocycles. The molecule has 0 aromatic heterocycles. The van der Waals surface area contributed by atoms with Crippen molar-refractivity contribution in [2.24, 2.45) is 0 Å². The lowest BCUT2D eigenvalue weighted by molar-refractivity contribution is 0.0468. The summed E-state index contributed by atoms with van der Waals surface area (Å²) in [7, 11) is 1.58. The molecule has 0 unspecified atom stereocenters. The number of nitrogens with two attached hydrogens (primary N) is 1. The first-order valence-electron chi connectivity index (χ1n) is 4.97. The zero-order valence-electron chi connectivity index (χ0n) is 9.33. The smallest absolute Gasteiger partial charge is 0.338 e. The van der Waals surface area contributed by atoms with Gasteiger partial charge in [0, 0.05) is 20.1 Å². The van der Waals surface area contributed by atoms with Crippen LogP contribution in [0.25, 0.3) is 0 Å². The highest BCUT2D eigenvalue weighted by Crippen LogP contribution is 2.29. The highest BCUT2D eigenvalue weighted by molar-refractivity contribution is 6.43. The van der Waals surface area contributed by atoms with E-state index in [9.17, 15) is 4.79 Å². The van der Waals surface area contributed by atoms with E-state index >= 15 is 0 Å². The monoisotopic (exact) mass is 277 g/mol. The Morgan fingerprint density at radius 3 is 2.65 bits per heavy atom. The SMILES string of the molecule is COCCCOC(=O)c1cc(N)c(Cl)c(Cl)c1. The Labute approximate surface area is 110 Å². The molecular weight excluding hydrogens is 265 g/mol. The van der Waals surface area contributed by atoms with Crippen molar-refractivity contribution in [3.05, 3.63) is 27.7 Å². The van der Waals surface area contributed by atoms with Gasteiger partial charge in [-0.15, -0.1) is 0 Å².